The first-order chi connectivity index (χ1) is 14.8. The van der Waals surface area contributed by atoms with Gasteiger partial charge in [0.2, 0.25) is 0 Å². The van der Waals surface area contributed by atoms with Gasteiger partial charge in [-0.3, -0.25) is 14.4 Å². The smallest absolute Gasteiger partial charge is 0.371 e. The second kappa shape index (κ2) is 7.55. The molecule has 1 N–H and O–H groups in total. The zero-order valence-corrected chi connectivity index (χ0v) is 17.3. The molecule has 1 aromatic heterocycles. The predicted molar refractivity (Wildman–Crippen MR) is 111 cm³/mol. The Bertz CT molecular complexity index is 972. The molecule has 5 rings (SSSR count). The van der Waals surface area contributed by atoms with Gasteiger partial charge in [0.1, 0.15) is 0 Å². The zero-order valence-electron chi connectivity index (χ0n) is 17.3. The summed E-state index contributed by atoms with van der Waals surface area (Å²) < 4.78 is 40.1. The minimum absolute atomic E-state index is 0.102. The molecule has 2 fully saturated rings. The maximum Gasteiger partial charge on any atom is 0.401 e. The summed E-state index contributed by atoms with van der Waals surface area (Å²) in [5.41, 5.74) is 3.12. The Labute approximate surface area is 179 Å². The molecule has 0 bridgehead atoms. The molecule has 1 spiro atoms. The number of nitrogens with one attached hydrogen (secondary N) is 1. The van der Waals surface area contributed by atoms with E-state index in [1.165, 1.54) is 23.9 Å². The fraction of sp³-hybridized carbons (Fsp3) is 0.545. The van der Waals surface area contributed by atoms with Crippen molar-refractivity contribution < 1.29 is 18.0 Å². The topological polar surface area (TPSA) is 53.4 Å². The van der Waals surface area contributed by atoms with Gasteiger partial charge in [-0.2, -0.15) is 18.3 Å². The summed E-state index contributed by atoms with van der Waals surface area (Å²) in [6.45, 7) is 1.67. The van der Waals surface area contributed by atoms with E-state index in [1.54, 1.807) is 10.7 Å². The first kappa shape index (κ1) is 20.4. The van der Waals surface area contributed by atoms with Crippen molar-refractivity contribution in [2.75, 3.05) is 36.4 Å². The van der Waals surface area contributed by atoms with Crippen LogP contribution in [0.15, 0.2) is 30.5 Å². The summed E-state index contributed by atoms with van der Waals surface area (Å²) in [7, 11) is 0. The average Bonchev–Trinajstić information content (AvgIpc) is 3.38. The second-order valence-electron chi connectivity index (χ2n) is 9.01. The van der Waals surface area contributed by atoms with Crippen molar-refractivity contribution in [3.8, 4) is 0 Å². The van der Waals surface area contributed by atoms with E-state index < -0.39 is 12.7 Å². The number of fused-ring (bicyclic) bond motifs is 1. The van der Waals surface area contributed by atoms with Crippen LogP contribution in [0.4, 0.5) is 24.5 Å². The number of hydrogen-bond acceptors (Lipinski definition) is 4. The van der Waals surface area contributed by atoms with Gasteiger partial charge in [0, 0.05) is 31.9 Å². The molecule has 9 heteroatoms. The average molecular weight is 433 g/mol. The molecule has 31 heavy (non-hydrogen) atoms. The van der Waals surface area contributed by atoms with E-state index in [1.807, 2.05) is 18.2 Å². The number of piperidine rings is 1. The number of hydrogen-bond donors (Lipinski definition) is 1. The minimum Gasteiger partial charge on any atom is -0.371 e. The lowest BCUT2D eigenvalue weighted by Crippen LogP contribution is -2.40. The van der Waals surface area contributed by atoms with Crippen LogP contribution in [-0.2, 0) is 13.1 Å². The van der Waals surface area contributed by atoms with E-state index in [0.717, 1.165) is 31.6 Å². The van der Waals surface area contributed by atoms with Crippen LogP contribution in [0, 0.1) is 5.41 Å². The number of nitrogens with zero attached hydrogens (tertiary/aromatic N) is 4. The highest BCUT2D eigenvalue weighted by Crippen LogP contribution is 2.54. The van der Waals surface area contributed by atoms with Crippen LogP contribution in [0.2, 0.25) is 0 Å². The molecule has 6 nitrogen and oxygen atoms in total. The predicted octanol–water partition coefficient (Wildman–Crippen LogP) is 3.89. The lowest BCUT2D eigenvalue weighted by atomic mass is 9.93. The molecule has 166 valence electrons. The van der Waals surface area contributed by atoms with Crippen LogP contribution >= 0.6 is 0 Å². The van der Waals surface area contributed by atoms with Crippen LogP contribution in [0.5, 0.6) is 0 Å². The SMILES string of the molecule is O=C(Nc1cnn2c1CN(CC(F)(F)F)CC2)c1ccccc1N1CCC2(CC1)CC2. The Hall–Kier alpha value is -2.55. The van der Waals surface area contributed by atoms with Crippen molar-refractivity contribution in [3.05, 3.63) is 41.7 Å². The van der Waals surface area contributed by atoms with Crippen molar-refractivity contribution in [2.24, 2.45) is 5.41 Å². The normalized spacial score (nSPS) is 20.5. The van der Waals surface area contributed by atoms with E-state index >= 15 is 0 Å². The molecule has 3 heterocycles. The summed E-state index contributed by atoms with van der Waals surface area (Å²) in [4.78, 5) is 16.8. The molecule has 0 unspecified atom stereocenters. The van der Waals surface area contributed by atoms with Crippen molar-refractivity contribution in [3.63, 3.8) is 0 Å². The van der Waals surface area contributed by atoms with Crippen LogP contribution in [0.1, 0.15) is 41.7 Å². The first-order valence-electron chi connectivity index (χ1n) is 10.8. The third-order valence-corrected chi connectivity index (χ3v) is 6.87. The van der Waals surface area contributed by atoms with Crippen LogP contribution in [-0.4, -0.2) is 52.9 Å². The molecule has 1 aromatic carbocycles. The van der Waals surface area contributed by atoms with E-state index in [2.05, 4.69) is 15.3 Å². The van der Waals surface area contributed by atoms with Gasteiger partial charge in [-0.05, 0) is 43.2 Å². The number of carbonyl (C=O) groups is 1. The quantitative estimate of drug-likeness (QED) is 0.795. The highest BCUT2D eigenvalue weighted by Gasteiger charge is 2.44. The summed E-state index contributed by atoms with van der Waals surface area (Å²) in [6, 6.07) is 7.55. The van der Waals surface area contributed by atoms with Crippen molar-refractivity contribution in [1.29, 1.82) is 0 Å². The molecule has 1 aliphatic carbocycles. The maximum atomic E-state index is 13.1. The van der Waals surface area contributed by atoms with Gasteiger partial charge in [0.15, 0.2) is 0 Å². The van der Waals surface area contributed by atoms with Crippen molar-refractivity contribution in [1.82, 2.24) is 14.7 Å². The molecule has 3 aliphatic rings. The number of rotatable bonds is 4. The number of amides is 1. The lowest BCUT2D eigenvalue weighted by Gasteiger charge is -2.34. The Morgan fingerprint density at radius 3 is 2.52 bits per heavy atom. The monoisotopic (exact) mass is 433 g/mol. The molecule has 1 saturated heterocycles. The van der Waals surface area contributed by atoms with E-state index in [4.69, 9.17) is 0 Å². The number of para-hydroxylation sites is 1. The van der Waals surface area contributed by atoms with Gasteiger partial charge in [-0.1, -0.05) is 12.1 Å². The van der Waals surface area contributed by atoms with E-state index in [9.17, 15) is 18.0 Å². The molecular formula is C22H26F3N5O. The maximum absolute atomic E-state index is 13.1. The molecular weight excluding hydrogens is 407 g/mol. The summed E-state index contributed by atoms with van der Waals surface area (Å²) in [6.07, 6.45) is 2.24. The lowest BCUT2D eigenvalue weighted by molar-refractivity contribution is -0.148. The van der Waals surface area contributed by atoms with E-state index in [-0.39, 0.29) is 19.0 Å². The summed E-state index contributed by atoms with van der Waals surface area (Å²) in [5.74, 6) is -0.258. The molecule has 2 aliphatic heterocycles. The molecule has 0 radical (unpaired) electrons. The fourth-order valence-corrected chi connectivity index (χ4v) is 4.82. The van der Waals surface area contributed by atoms with Crippen LogP contribution < -0.4 is 10.2 Å². The zero-order chi connectivity index (χ0) is 21.6. The fourth-order valence-electron chi connectivity index (χ4n) is 4.82. The van der Waals surface area contributed by atoms with Gasteiger partial charge in [0.05, 0.1) is 36.2 Å². The minimum atomic E-state index is -4.25. The van der Waals surface area contributed by atoms with Gasteiger partial charge in [-0.25, -0.2) is 0 Å². The Kier molecular flexibility index (Phi) is 4.96. The summed E-state index contributed by atoms with van der Waals surface area (Å²) >= 11 is 0. The van der Waals surface area contributed by atoms with Crippen molar-refractivity contribution in [2.45, 2.75) is 44.9 Å². The van der Waals surface area contributed by atoms with Crippen LogP contribution in [0.25, 0.3) is 0 Å². The Balaban J connectivity index is 1.31. The highest BCUT2D eigenvalue weighted by molar-refractivity contribution is 6.08. The van der Waals surface area contributed by atoms with Gasteiger partial charge < -0.3 is 10.2 Å². The largest absolute Gasteiger partial charge is 0.401 e. The first-order valence-corrected chi connectivity index (χ1v) is 10.8. The van der Waals surface area contributed by atoms with E-state index in [0.29, 0.717) is 28.9 Å². The Morgan fingerprint density at radius 1 is 1.06 bits per heavy atom. The second-order valence-corrected chi connectivity index (χ2v) is 9.01. The van der Waals surface area contributed by atoms with Gasteiger partial charge in [-0.15, -0.1) is 0 Å². The third kappa shape index (κ3) is 4.28. The Morgan fingerprint density at radius 2 is 1.81 bits per heavy atom. The number of benzene rings is 1. The molecule has 2 aromatic rings. The van der Waals surface area contributed by atoms with Gasteiger partial charge in [0.25, 0.3) is 5.91 Å². The number of alkyl halides is 3. The van der Waals surface area contributed by atoms with Crippen LogP contribution in [0.3, 0.4) is 0 Å². The third-order valence-electron chi connectivity index (χ3n) is 6.87. The number of anilines is 2. The molecule has 0 atom stereocenters. The standard InChI is InChI=1S/C22H26F3N5O/c23-22(24,25)15-28-11-12-30-19(14-28)17(13-26-30)27-20(31)16-3-1-2-4-18(16)29-9-7-21(5-6-21)8-10-29/h1-4,13H,5-12,14-15H2,(H,27,31). The van der Waals surface area contributed by atoms with Crippen molar-refractivity contribution >= 4 is 17.3 Å². The highest BCUT2D eigenvalue weighted by atomic mass is 19.4. The molecule has 1 amide bonds. The molecule has 1 saturated carbocycles. The van der Waals surface area contributed by atoms with Gasteiger partial charge >= 0.3 is 6.18 Å². The summed E-state index contributed by atoms with van der Waals surface area (Å²) in [5, 5.41) is 7.15. The number of carbonyl (C=O) groups excluding carboxylic acids is 1. The number of aromatic nitrogens is 2. The number of halogens is 3.